The normalized spacial score (nSPS) is 15.1. The number of nitrogens with one attached hydrogen (secondary N) is 1. The lowest BCUT2D eigenvalue weighted by Gasteiger charge is -2.33. The second-order valence-corrected chi connectivity index (χ2v) is 9.83. The fourth-order valence-electron chi connectivity index (χ4n) is 4.77. The van der Waals surface area contributed by atoms with Gasteiger partial charge in [-0.1, -0.05) is 29.8 Å². The minimum absolute atomic E-state index is 0.0598. The first-order chi connectivity index (χ1) is 16.3. The molecule has 0 aliphatic carbocycles. The molecule has 0 atom stereocenters. The van der Waals surface area contributed by atoms with Crippen molar-refractivity contribution in [1.82, 2.24) is 30.0 Å². The Morgan fingerprint density at radius 2 is 1.71 bits per heavy atom. The number of hydrogen-bond donors (Lipinski definition) is 1. The number of aryl methyl sites for hydroxylation is 1. The Labute approximate surface area is 202 Å². The highest BCUT2D eigenvalue weighted by molar-refractivity contribution is 5.79. The van der Waals surface area contributed by atoms with Gasteiger partial charge in [0.05, 0.1) is 0 Å². The van der Waals surface area contributed by atoms with Crippen LogP contribution in [0.15, 0.2) is 36.4 Å². The molecule has 2 aromatic heterocycles. The van der Waals surface area contributed by atoms with Crippen molar-refractivity contribution in [2.24, 2.45) is 5.92 Å². The Balaban J connectivity index is 1.35. The number of rotatable bonds is 8. The van der Waals surface area contributed by atoms with E-state index in [-0.39, 0.29) is 11.8 Å². The summed E-state index contributed by atoms with van der Waals surface area (Å²) in [5.74, 6) is 1.87. The van der Waals surface area contributed by atoms with Gasteiger partial charge in [-0.25, -0.2) is 0 Å². The molecule has 1 saturated heterocycles. The maximum atomic E-state index is 12.7. The SMILES string of the molecule is Cc1ccc(-c2nnc3ccc(N4CCC(C(=O)NCCN(C(C)C)C(C)C)CC4)nn23)cc1. The number of nitrogens with zero attached hydrogens (tertiary/aromatic N) is 6. The monoisotopic (exact) mass is 463 g/mol. The second-order valence-electron chi connectivity index (χ2n) is 9.83. The summed E-state index contributed by atoms with van der Waals surface area (Å²) in [5.41, 5.74) is 2.92. The van der Waals surface area contributed by atoms with Crippen LogP contribution < -0.4 is 10.2 Å². The number of hydrogen-bond acceptors (Lipinski definition) is 6. The number of aromatic nitrogens is 4. The highest BCUT2D eigenvalue weighted by Crippen LogP contribution is 2.24. The number of piperidine rings is 1. The molecule has 8 heteroatoms. The van der Waals surface area contributed by atoms with Gasteiger partial charge in [-0.15, -0.1) is 15.3 Å². The summed E-state index contributed by atoms with van der Waals surface area (Å²) >= 11 is 0. The lowest BCUT2D eigenvalue weighted by molar-refractivity contribution is -0.125. The summed E-state index contributed by atoms with van der Waals surface area (Å²) in [4.78, 5) is 17.4. The van der Waals surface area contributed by atoms with Gasteiger partial charge in [-0.2, -0.15) is 4.52 Å². The summed E-state index contributed by atoms with van der Waals surface area (Å²) < 4.78 is 1.81. The Morgan fingerprint density at radius 1 is 1.03 bits per heavy atom. The molecule has 0 radical (unpaired) electrons. The topological polar surface area (TPSA) is 78.7 Å². The number of fused-ring (bicyclic) bond motifs is 1. The van der Waals surface area contributed by atoms with Crippen LogP contribution in [-0.2, 0) is 4.79 Å². The zero-order valence-corrected chi connectivity index (χ0v) is 21.0. The molecule has 3 aromatic rings. The Kier molecular flexibility index (Phi) is 7.46. The molecule has 0 bridgehead atoms. The summed E-state index contributed by atoms with van der Waals surface area (Å²) in [5, 5.41) is 16.6. The first-order valence-corrected chi connectivity index (χ1v) is 12.4. The van der Waals surface area contributed by atoms with Crippen LogP contribution in [0.4, 0.5) is 5.82 Å². The van der Waals surface area contributed by atoms with Crippen molar-refractivity contribution in [3.05, 3.63) is 42.0 Å². The van der Waals surface area contributed by atoms with Gasteiger partial charge in [0, 0.05) is 49.7 Å². The summed E-state index contributed by atoms with van der Waals surface area (Å²) in [7, 11) is 0. The van der Waals surface area contributed by atoms with Gasteiger partial charge < -0.3 is 10.2 Å². The first-order valence-electron chi connectivity index (χ1n) is 12.4. The molecular formula is C26H37N7O. The maximum Gasteiger partial charge on any atom is 0.223 e. The lowest BCUT2D eigenvalue weighted by atomic mass is 9.96. The first kappa shape index (κ1) is 24.1. The van der Waals surface area contributed by atoms with Crippen molar-refractivity contribution in [3.63, 3.8) is 0 Å². The number of amides is 1. The predicted molar refractivity (Wildman–Crippen MR) is 136 cm³/mol. The van der Waals surface area contributed by atoms with Crippen molar-refractivity contribution in [1.29, 1.82) is 0 Å². The van der Waals surface area contributed by atoms with Gasteiger partial charge in [0.25, 0.3) is 0 Å². The molecule has 3 heterocycles. The van der Waals surface area contributed by atoms with Crippen LogP contribution in [0.3, 0.4) is 0 Å². The van der Waals surface area contributed by atoms with E-state index in [9.17, 15) is 4.79 Å². The van der Waals surface area contributed by atoms with Gasteiger partial charge in [0.1, 0.15) is 5.82 Å². The third-order valence-electron chi connectivity index (χ3n) is 6.74. The number of benzene rings is 1. The molecule has 0 spiro atoms. The van der Waals surface area contributed by atoms with Gasteiger partial charge in [0.15, 0.2) is 11.5 Å². The molecular weight excluding hydrogens is 426 g/mol. The third kappa shape index (κ3) is 5.38. The fraction of sp³-hybridized carbons (Fsp3) is 0.538. The molecule has 0 unspecified atom stereocenters. The summed E-state index contributed by atoms with van der Waals surface area (Å²) in [6.45, 7) is 14.1. The van der Waals surface area contributed by atoms with E-state index in [0.29, 0.717) is 18.6 Å². The van der Waals surface area contributed by atoms with Gasteiger partial charge in [0.2, 0.25) is 5.91 Å². The number of anilines is 1. The third-order valence-corrected chi connectivity index (χ3v) is 6.74. The molecule has 182 valence electrons. The molecule has 1 aliphatic heterocycles. The van der Waals surface area contributed by atoms with E-state index in [1.54, 1.807) is 0 Å². The van der Waals surface area contributed by atoms with E-state index in [4.69, 9.17) is 5.10 Å². The molecule has 1 N–H and O–H groups in total. The average Bonchev–Trinajstić information content (AvgIpc) is 3.25. The highest BCUT2D eigenvalue weighted by atomic mass is 16.1. The molecule has 34 heavy (non-hydrogen) atoms. The number of carbonyl (C=O) groups is 1. The zero-order chi connectivity index (χ0) is 24.2. The lowest BCUT2D eigenvalue weighted by Crippen LogP contribution is -2.45. The van der Waals surface area contributed by atoms with Crippen LogP contribution in [-0.4, -0.2) is 68.9 Å². The van der Waals surface area contributed by atoms with Gasteiger partial charge in [-0.05, 0) is 59.6 Å². The van der Waals surface area contributed by atoms with Crippen LogP contribution in [0.2, 0.25) is 0 Å². The van der Waals surface area contributed by atoms with Crippen LogP contribution in [0, 0.1) is 12.8 Å². The van der Waals surface area contributed by atoms with Crippen molar-refractivity contribution in [3.8, 4) is 11.4 Å². The molecule has 4 rings (SSSR count). The zero-order valence-electron chi connectivity index (χ0n) is 21.0. The van der Waals surface area contributed by atoms with E-state index in [2.05, 4.69) is 72.1 Å². The Morgan fingerprint density at radius 3 is 2.35 bits per heavy atom. The molecule has 1 aliphatic rings. The van der Waals surface area contributed by atoms with E-state index in [1.807, 2.05) is 28.8 Å². The van der Waals surface area contributed by atoms with E-state index < -0.39 is 0 Å². The Hall–Kier alpha value is -3.00. The predicted octanol–water partition coefficient (Wildman–Crippen LogP) is 3.55. The summed E-state index contributed by atoms with van der Waals surface area (Å²) in [6.07, 6.45) is 1.66. The molecule has 1 fully saturated rings. The van der Waals surface area contributed by atoms with Crippen molar-refractivity contribution in [2.75, 3.05) is 31.1 Å². The molecule has 0 saturated carbocycles. The van der Waals surface area contributed by atoms with E-state index in [1.165, 1.54) is 5.56 Å². The molecule has 1 amide bonds. The molecule has 8 nitrogen and oxygen atoms in total. The fourth-order valence-corrected chi connectivity index (χ4v) is 4.77. The van der Waals surface area contributed by atoms with Crippen LogP contribution in [0.25, 0.3) is 17.0 Å². The van der Waals surface area contributed by atoms with E-state index >= 15 is 0 Å². The second kappa shape index (κ2) is 10.5. The van der Waals surface area contributed by atoms with Crippen molar-refractivity contribution < 1.29 is 4.79 Å². The minimum Gasteiger partial charge on any atom is -0.355 e. The number of carbonyl (C=O) groups excluding carboxylic acids is 1. The van der Waals surface area contributed by atoms with Crippen molar-refractivity contribution in [2.45, 2.75) is 59.5 Å². The smallest absolute Gasteiger partial charge is 0.223 e. The quantitative estimate of drug-likeness (QED) is 0.550. The van der Waals surface area contributed by atoms with Gasteiger partial charge >= 0.3 is 0 Å². The Bertz CT molecular complexity index is 1090. The maximum absolute atomic E-state index is 12.7. The standard InChI is InChI=1S/C26H37N7O/c1-18(2)32(19(3)4)17-14-27-26(34)22-12-15-31(16-13-22)24-11-10-23-28-29-25(33(23)30-24)21-8-6-20(5)7-9-21/h6-11,18-19,22H,12-17H2,1-5H3,(H,27,34). The van der Waals surface area contributed by atoms with Gasteiger partial charge in [-0.3, -0.25) is 9.69 Å². The van der Waals surface area contributed by atoms with Crippen LogP contribution in [0.5, 0.6) is 0 Å². The highest BCUT2D eigenvalue weighted by Gasteiger charge is 2.26. The van der Waals surface area contributed by atoms with Crippen LogP contribution in [0.1, 0.15) is 46.1 Å². The largest absolute Gasteiger partial charge is 0.355 e. The van der Waals surface area contributed by atoms with E-state index in [0.717, 1.165) is 55.3 Å². The van der Waals surface area contributed by atoms with Crippen LogP contribution >= 0.6 is 0 Å². The van der Waals surface area contributed by atoms with Crippen molar-refractivity contribution >= 4 is 17.4 Å². The summed E-state index contributed by atoms with van der Waals surface area (Å²) in [6, 6.07) is 13.1. The minimum atomic E-state index is 0.0598. The average molecular weight is 464 g/mol. The molecule has 1 aromatic carbocycles.